The van der Waals surface area contributed by atoms with Crippen LogP contribution in [-0.4, -0.2) is 37.0 Å². The van der Waals surface area contributed by atoms with Crippen LogP contribution in [0.3, 0.4) is 0 Å². The number of nitrogens with zero attached hydrogens (tertiary/aromatic N) is 1. The molecule has 1 aliphatic heterocycles. The van der Waals surface area contributed by atoms with E-state index in [4.69, 9.17) is 9.15 Å². The highest BCUT2D eigenvalue weighted by Crippen LogP contribution is 2.30. The lowest BCUT2D eigenvalue weighted by molar-refractivity contribution is -0.119. The smallest absolute Gasteiger partial charge is 0.254 e. The Morgan fingerprint density at radius 2 is 1.93 bits per heavy atom. The van der Waals surface area contributed by atoms with Crippen LogP contribution in [-0.2, 0) is 22.5 Å². The van der Waals surface area contributed by atoms with E-state index in [1.807, 2.05) is 66.4 Å². The fourth-order valence-corrected chi connectivity index (χ4v) is 3.66. The summed E-state index contributed by atoms with van der Waals surface area (Å²) in [5, 5.41) is 2.77. The molecule has 2 aromatic carbocycles. The van der Waals surface area contributed by atoms with Crippen molar-refractivity contribution in [3.8, 4) is 11.3 Å². The van der Waals surface area contributed by atoms with E-state index in [9.17, 15) is 9.59 Å². The fourth-order valence-electron chi connectivity index (χ4n) is 3.66. The van der Waals surface area contributed by atoms with Crippen LogP contribution in [0, 0.1) is 6.92 Å². The zero-order chi connectivity index (χ0) is 21.1. The standard InChI is InChI=1S/C24H24N2O4/c1-16-4-3-5-18(12-16)24(28)26-11-10-21-19(14-26)13-22(30-21)17-6-8-20(9-7-17)25-23(27)15-29-2/h3-9,12-13H,10-11,14-15H2,1-2H3,(H,25,27). The van der Waals surface area contributed by atoms with E-state index in [1.165, 1.54) is 7.11 Å². The van der Waals surface area contributed by atoms with Crippen LogP contribution in [0.15, 0.2) is 59.0 Å². The normalized spacial score (nSPS) is 13.1. The molecule has 154 valence electrons. The monoisotopic (exact) mass is 404 g/mol. The highest BCUT2D eigenvalue weighted by molar-refractivity contribution is 5.94. The minimum Gasteiger partial charge on any atom is -0.461 e. The Labute approximate surface area is 175 Å². The number of benzene rings is 2. The maximum Gasteiger partial charge on any atom is 0.254 e. The van der Waals surface area contributed by atoms with Gasteiger partial charge < -0.3 is 19.4 Å². The lowest BCUT2D eigenvalue weighted by Crippen LogP contribution is -2.35. The number of aryl methyl sites for hydroxylation is 1. The number of ether oxygens (including phenoxy) is 1. The summed E-state index contributed by atoms with van der Waals surface area (Å²) in [6.07, 6.45) is 0.693. The molecule has 30 heavy (non-hydrogen) atoms. The first-order valence-corrected chi connectivity index (χ1v) is 9.90. The van der Waals surface area contributed by atoms with E-state index in [2.05, 4.69) is 5.32 Å². The van der Waals surface area contributed by atoms with Gasteiger partial charge in [0.2, 0.25) is 5.91 Å². The topological polar surface area (TPSA) is 71.8 Å². The van der Waals surface area contributed by atoms with Gasteiger partial charge in [-0.2, -0.15) is 0 Å². The van der Waals surface area contributed by atoms with Gasteiger partial charge in [0.1, 0.15) is 18.1 Å². The molecule has 0 saturated heterocycles. The summed E-state index contributed by atoms with van der Waals surface area (Å²) in [5.74, 6) is 1.54. The summed E-state index contributed by atoms with van der Waals surface area (Å²) in [6.45, 7) is 3.18. The Morgan fingerprint density at radius 1 is 1.13 bits per heavy atom. The minimum atomic E-state index is -0.197. The van der Waals surface area contributed by atoms with Crippen LogP contribution in [0.5, 0.6) is 0 Å². The predicted octanol–water partition coefficient (Wildman–Crippen LogP) is 4.04. The molecule has 6 heteroatoms. The van der Waals surface area contributed by atoms with Crippen LogP contribution in [0.4, 0.5) is 5.69 Å². The molecule has 3 aromatic rings. The van der Waals surface area contributed by atoms with Crippen LogP contribution in [0.1, 0.15) is 27.2 Å². The van der Waals surface area contributed by atoms with E-state index >= 15 is 0 Å². The second-order valence-corrected chi connectivity index (χ2v) is 7.46. The number of rotatable bonds is 5. The average Bonchev–Trinajstić information content (AvgIpc) is 3.17. The van der Waals surface area contributed by atoms with Crippen molar-refractivity contribution >= 4 is 17.5 Å². The highest BCUT2D eigenvalue weighted by Gasteiger charge is 2.25. The zero-order valence-corrected chi connectivity index (χ0v) is 17.1. The lowest BCUT2D eigenvalue weighted by atomic mass is 10.1. The van der Waals surface area contributed by atoms with E-state index in [0.29, 0.717) is 30.8 Å². The SMILES string of the molecule is COCC(=O)Nc1ccc(-c2cc3c(o2)CCN(C(=O)c2cccc(C)c2)C3)cc1. The van der Waals surface area contributed by atoms with Crippen LogP contribution < -0.4 is 5.32 Å². The van der Waals surface area contributed by atoms with Crippen molar-refractivity contribution in [3.05, 3.63) is 77.0 Å². The second kappa shape index (κ2) is 8.55. The number of hydrogen-bond donors (Lipinski definition) is 1. The summed E-state index contributed by atoms with van der Waals surface area (Å²) < 4.78 is 10.9. The van der Waals surface area contributed by atoms with Gasteiger partial charge in [-0.25, -0.2) is 0 Å². The molecule has 6 nitrogen and oxygen atoms in total. The molecule has 0 unspecified atom stereocenters. The van der Waals surface area contributed by atoms with Gasteiger partial charge in [0.05, 0.1) is 0 Å². The van der Waals surface area contributed by atoms with Crippen LogP contribution in [0.25, 0.3) is 11.3 Å². The maximum atomic E-state index is 12.9. The molecule has 0 aliphatic carbocycles. The molecule has 2 heterocycles. The number of hydrogen-bond acceptors (Lipinski definition) is 4. The number of carbonyl (C=O) groups excluding carboxylic acids is 2. The van der Waals surface area contributed by atoms with Crippen molar-refractivity contribution in [3.63, 3.8) is 0 Å². The van der Waals surface area contributed by atoms with Gasteiger partial charge in [-0.15, -0.1) is 0 Å². The molecule has 4 rings (SSSR count). The van der Waals surface area contributed by atoms with Crippen molar-refractivity contribution in [2.24, 2.45) is 0 Å². The quantitative estimate of drug-likeness (QED) is 0.697. The third-order valence-electron chi connectivity index (χ3n) is 5.15. The van der Waals surface area contributed by atoms with Gasteiger partial charge in [-0.1, -0.05) is 17.7 Å². The summed E-state index contributed by atoms with van der Waals surface area (Å²) in [6, 6.07) is 17.2. The molecular formula is C24H24N2O4. The van der Waals surface area contributed by atoms with Crippen LogP contribution >= 0.6 is 0 Å². The first-order valence-electron chi connectivity index (χ1n) is 9.90. The van der Waals surface area contributed by atoms with Crippen molar-refractivity contribution < 1.29 is 18.7 Å². The molecule has 0 radical (unpaired) electrons. The Bertz CT molecular complexity index is 1070. The molecule has 0 atom stereocenters. The van der Waals surface area contributed by atoms with Gasteiger partial charge in [0.25, 0.3) is 5.91 Å². The molecule has 1 aromatic heterocycles. The molecule has 0 spiro atoms. The zero-order valence-electron chi connectivity index (χ0n) is 17.1. The van der Waals surface area contributed by atoms with Gasteiger partial charge in [-0.3, -0.25) is 9.59 Å². The molecule has 0 bridgehead atoms. The Balaban J connectivity index is 1.47. The third-order valence-corrected chi connectivity index (χ3v) is 5.15. The Morgan fingerprint density at radius 3 is 2.67 bits per heavy atom. The maximum absolute atomic E-state index is 12.9. The Kier molecular flexibility index (Phi) is 5.68. The van der Waals surface area contributed by atoms with Gasteiger partial charge in [0.15, 0.2) is 0 Å². The van der Waals surface area contributed by atoms with Gasteiger partial charge in [-0.05, 0) is 49.4 Å². The number of fused-ring (bicyclic) bond motifs is 1. The van der Waals surface area contributed by atoms with E-state index in [0.717, 1.165) is 28.2 Å². The summed E-state index contributed by atoms with van der Waals surface area (Å²) >= 11 is 0. The molecule has 2 amide bonds. The predicted molar refractivity (Wildman–Crippen MR) is 114 cm³/mol. The number of methoxy groups -OCH3 is 1. The molecule has 1 N–H and O–H groups in total. The second-order valence-electron chi connectivity index (χ2n) is 7.46. The third kappa shape index (κ3) is 4.28. The van der Waals surface area contributed by atoms with Crippen molar-refractivity contribution in [2.75, 3.05) is 25.6 Å². The number of nitrogens with one attached hydrogen (secondary N) is 1. The van der Waals surface area contributed by atoms with E-state index in [1.54, 1.807) is 0 Å². The summed E-state index contributed by atoms with van der Waals surface area (Å²) in [5.41, 5.74) is 4.45. The largest absolute Gasteiger partial charge is 0.461 e. The minimum absolute atomic E-state index is 0.0183. The molecule has 0 saturated carbocycles. The summed E-state index contributed by atoms with van der Waals surface area (Å²) in [4.78, 5) is 26.3. The Hall–Kier alpha value is -3.38. The lowest BCUT2D eigenvalue weighted by Gasteiger charge is -2.26. The van der Waals surface area contributed by atoms with Gasteiger partial charge >= 0.3 is 0 Å². The summed E-state index contributed by atoms with van der Waals surface area (Å²) in [7, 11) is 1.48. The van der Waals surface area contributed by atoms with Crippen LogP contribution in [0.2, 0.25) is 0 Å². The van der Waals surface area contributed by atoms with Crippen molar-refractivity contribution in [1.29, 1.82) is 0 Å². The number of furan rings is 1. The first kappa shape index (κ1) is 19.9. The van der Waals surface area contributed by atoms with E-state index < -0.39 is 0 Å². The fraction of sp³-hybridized carbons (Fsp3) is 0.250. The molecule has 0 fully saturated rings. The van der Waals surface area contributed by atoms with Crippen molar-refractivity contribution in [1.82, 2.24) is 4.90 Å². The number of amides is 2. The number of carbonyl (C=O) groups is 2. The van der Waals surface area contributed by atoms with Crippen molar-refractivity contribution in [2.45, 2.75) is 19.9 Å². The molecule has 1 aliphatic rings. The average molecular weight is 404 g/mol. The van der Waals surface area contributed by atoms with Gasteiger partial charge in [0, 0.05) is 49.0 Å². The highest BCUT2D eigenvalue weighted by atomic mass is 16.5. The number of anilines is 1. The van der Waals surface area contributed by atoms with E-state index in [-0.39, 0.29) is 18.4 Å². The molecular weight excluding hydrogens is 380 g/mol. The first-order chi connectivity index (χ1) is 14.5.